The molecule has 3 rings (SSSR count). The fourth-order valence-electron chi connectivity index (χ4n) is 2.79. The van der Waals surface area contributed by atoms with Crippen molar-refractivity contribution >= 4 is 5.69 Å². The van der Waals surface area contributed by atoms with Crippen LogP contribution in [0.3, 0.4) is 0 Å². The predicted molar refractivity (Wildman–Crippen MR) is 81.8 cm³/mol. The zero-order valence-electron chi connectivity index (χ0n) is 12.4. The first-order valence-corrected chi connectivity index (χ1v) is 7.38. The molecule has 0 spiro atoms. The third-order valence-electron chi connectivity index (χ3n) is 4.38. The number of anilines is 1. The number of hydrogen-bond acceptors (Lipinski definition) is 3. The predicted octanol–water partition coefficient (Wildman–Crippen LogP) is 3.68. The van der Waals surface area contributed by atoms with Gasteiger partial charge in [-0.25, -0.2) is 4.39 Å². The zero-order chi connectivity index (χ0) is 15.0. The van der Waals surface area contributed by atoms with Crippen LogP contribution in [0.1, 0.15) is 36.8 Å². The van der Waals surface area contributed by atoms with Gasteiger partial charge >= 0.3 is 0 Å². The van der Waals surface area contributed by atoms with E-state index in [1.54, 1.807) is 12.1 Å². The van der Waals surface area contributed by atoms with Gasteiger partial charge in [0.1, 0.15) is 17.3 Å². The van der Waals surface area contributed by atoms with E-state index in [0.717, 1.165) is 23.1 Å². The van der Waals surface area contributed by atoms with Gasteiger partial charge in [0.2, 0.25) is 0 Å². The Hall–Kier alpha value is -1.81. The number of hydrogen-bond donors (Lipinski definition) is 1. The zero-order valence-corrected chi connectivity index (χ0v) is 12.4. The lowest BCUT2D eigenvalue weighted by Gasteiger charge is -2.27. The second-order valence-electron chi connectivity index (χ2n) is 5.90. The fourth-order valence-corrected chi connectivity index (χ4v) is 2.79. The average Bonchev–Trinajstić information content (AvgIpc) is 3.01. The van der Waals surface area contributed by atoms with E-state index in [-0.39, 0.29) is 11.9 Å². The molecule has 1 aromatic carbocycles. The molecule has 0 aliphatic heterocycles. The van der Waals surface area contributed by atoms with E-state index in [4.69, 9.17) is 10.2 Å². The largest absolute Gasteiger partial charge is 0.464 e. The van der Waals surface area contributed by atoms with Crippen LogP contribution in [-0.4, -0.2) is 13.6 Å². The molecule has 1 heterocycles. The van der Waals surface area contributed by atoms with Gasteiger partial charge in [-0.1, -0.05) is 6.92 Å². The SMILES string of the molecule is CC1CC1c1ccc(C(CN)N(C)c2ccc(F)cc2)o1. The van der Waals surface area contributed by atoms with Crippen LogP contribution in [0.5, 0.6) is 0 Å². The maximum atomic E-state index is 13.0. The summed E-state index contributed by atoms with van der Waals surface area (Å²) in [5.41, 5.74) is 6.85. The molecule has 0 bridgehead atoms. The monoisotopic (exact) mass is 288 g/mol. The molecular formula is C17H21FN2O. The molecule has 1 aliphatic rings. The Labute approximate surface area is 124 Å². The molecule has 1 fully saturated rings. The second kappa shape index (κ2) is 5.53. The van der Waals surface area contributed by atoms with Crippen molar-refractivity contribution < 1.29 is 8.81 Å². The van der Waals surface area contributed by atoms with Crippen LogP contribution in [0.25, 0.3) is 0 Å². The van der Waals surface area contributed by atoms with Crippen LogP contribution in [0.2, 0.25) is 0 Å². The molecule has 3 atom stereocenters. The van der Waals surface area contributed by atoms with Crippen molar-refractivity contribution in [1.29, 1.82) is 0 Å². The highest BCUT2D eigenvalue weighted by atomic mass is 19.1. The Balaban J connectivity index is 1.80. The van der Waals surface area contributed by atoms with Gasteiger partial charge in [-0.05, 0) is 48.7 Å². The summed E-state index contributed by atoms with van der Waals surface area (Å²) in [4.78, 5) is 2.03. The van der Waals surface area contributed by atoms with Crippen LogP contribution >= 0.6 is 0 Å². The average molecular weight is 288 g/mol. The van der Waals surface area contributed by atoms with E-state index in [0.29, 0.717) is 12.5 Å². The molecular weight excluding hydrogens is 267 g/mol. The van der Waals surface area contributed by atoms with E-state index in [2.05, 4.69) is 13.0 Å². The van der Waals surface area contributed by atoms with Crippen molar-refractivity contribution in [2.75, 3.05) is 18.5 Å². The quantitative estimate of drug-likeness (QED) is 0.912. The lowest BCUT2D eigenvalue weighted by Crippen LogP contribution is -2.30. The first-order chi connectivity index (χ1) is 10.1. The van der Waals surface area contributed by atoms with Crippen molar-refractivity contribution in [3.63, 3.8) is 0 Å². The lowest BCUT2D eigenvalue weighted by atomic mass is 10.1. The summed E-state index contributed by atoms with van der Waals surface area (Å²) in [5, 5.41) is 0. The number of benzene rings is 1. The van der Waals surface area contributed by atoms with E-state index >= 15 is 0 Å². The molecule has 1 saturated carbocycles. The third kappa shape index (κ3) is 2.81. The number of nitrogens with zero attached hydrogens (tertiary/aromatic N) is 1. The second-order valence-corrected chi connectivity index (χ2v) is 5.90. The van der Waals surface area contributed by atoms with E-state index in [1.807, 2.05) is 18.0 Å². The van der Waals surface area contributed by atoms with Crippen molar-refractivity contribution in [2.24, 2.45) is 11.7 Å². The standard InChI is InChI=1S/C17H21FN2O/c1-11-9-14(11)16-7-8-17(21-16)15(10-19)20(2)13-5-3-12(18)4-6-13/h3-8,11,14-15H,9-10,19H2,1-2H3. The first kappa shape index (κ1) is 14.1. The van der Waals surface area contributed by atoms with Crippen LogP contribution in [0, 0.1) is 11.7 Å². The molecule has 4 heteroatoms. The highest BCUT2D eigenvalue weighted by molar-refractivity contribution is 5.47. The topological polar surface area (TPSA) is 42.4 Å². The minimum Gasteiger partial charge on any atom is -0.464 e. The summed E-state index contributed by atoms with van der Waals surface area (Å²) < 4.78 is 19.0. The minimum atomic E-state index is -0.237. The van der Waals surface area contributed by atoms with Crippen molar-refractivity contribution in [1.82, 2.24) is 0 Å². The maximum Gasteiger partial charge on any atom is 0.127 e. The molecule has 2 aromatic rings. The number of nitrogens with two attached hydrogens (primary N) is 1. The van der Waals surface area contributed by atoms with Gasteiger partial charge in [0.15, 0.2) is 0 Å². The summed E-state index contributed by atoms with van der Waals surface area (Å²) in [6.45, 7) is 2.68. The van der Waals surface area contributed by atoms with Gasteiger partial charge in [0.05, 0.1) is 6.04 Å². The van der Waals surface area contributed by atoms with E-state index in [1.165, 1.54) is 18.6 Å². The number of halogens is 1. The first-order valence-electron chi connectivity index (χ1n) is 7.38. The Morgan fingerprint density at radius 2 is 1.95 bits per heavy atom. The number of rotatable bonds is 5. The highest BCUT2D eigenvalue weighted by Crippen LogP contribution is 2.47. The summed E-state index contributed by atoms with van der Waals surface area (Å²) in [7, 11) is 1.95. The fraction of sp³-hybridized carbons (Fsp3) is 0.412. The number of likely N-dealkylation sites (N-methyl/N-ethyl adjacent to an activating group) is 1. The molecule has 3 unspecified atom stereocenters. The molecule has 3 nitrogen and oxygen atoms in total. The van der Waals surface area contributed by atoms with Crippen molar-refractivity contribution in [3.8, 4) is 0 Å². The van der Waals surface area contributed by atoms with Crippen molar-refractivity contribution in [3.05, 3.63) is 53.7 Å². The molecule has 21 heavy (non-hydrogen) atoms. The summed E-state index contributed by atoms with van der Waals surface area (Å²) in [5.74, 6) is 2.98. The summed E-state index contributed by atoms with van der Waals surface area (Å²) >= 11 is 0. The van der Waals surface area contributed by atoms with Crippen LogP contribution in [-0.2, 0) is 0 Å². The highest BCUT2D eigenvalue weighted by Gasteiger charge is 2.37. The molecule has 0 radical (unpaired) electrons. The molecule has 1 aromatic heterocycles. The van der Waals surface area contributed by atoms with E-state index < -0.39 is 0 Å². The van der Waals surface area contributed by atoms with Crippen molar-refractivity contribution in [2.45, 2.75) is 25.3 Å². The third-order valence-corrected chi connectivity index (χ3v) is 4.38. The lowest BCUT2D eigenvalue weighted by molar-refractivity contribution is 0.426. The van der Waals surface area contributed by atoms with Gasteiger partial charge in [-0.2, -0.15) is 0 Å². The van der Waals surface area contributed by atoms with Gasteiger partial charge in [-0.15, -0.1) is 0 Å². The summed E-state index contributed by atoms with van der Waals surface area (Å²) in [6.07, 6.45) is 1.20. The van der Waals surface area contributed by atoms with Gasteiger partial charge in [0.25, 0.3) is 0 Å². The molecule has 1 aliphatic carbocycles. The van der Waals surface area contributed by atoms with Gasteiger partial charge in [0, 0.05) is 25.2 Å². The maximum absolute atomic E-state index is 13.0. The van der Waals surface area contributed by atoms with Gasteiger partial charge < -0.3 is 15.1 Å². The summed E-state index contributed by atoms with van der Waals surface area (Å²) in [6, 6.07) is 10.5. The Bertz CT molecular complexity index is 608. The molecule has 0 saturated heterocycles. The molecule has 0 amide bonds. The molecule has 112 valence electrons. The Morgan fingerprint density at radius 3 is 2.52 bits per heavy atom. The smallest absolute Gasteiger partial charge is 0.127 e. The van der Waals surface area contributed by atoms with E-state index in [9.17, 15) is 4.39 Å². The van der Waals surface area contributed by atoms with Crippen LogP contribution in [0.15, 0.2) is 40.8 Å². The van der Waals surface area contributed by atoms with Crippen LogP contribution < -0.4 is 10.6 Å². The molecule has 2 N–H and O–H groups in total. The van der Waals surface area contributed by atoms with Gasteiger partial charge in [-0.3, -0.25) is 0 Å². The Morgan fingerprint density at radius 1 is 1.29 bits per heavy atom. The number of furan rings is 1. The normalized spacial score (nSPS) is 22.1. The minimum absolute atomic E-state index is 0.0433. The van der Waals surface area contributed by atoms with Crippen LogP contribution in [0.4, 0.5) is 10.1 Å². The Kier molecular flexibility index (Phi) is 3.72.